The molecule has 0 unspecified atom stereocenters. The number of aryl methyl sites for hydroxylation is 2. The maximum Gasteiger partial charge on any atom is 0.224 e. The average Bonchev–Trinajstić information content (AvgIpc) is 3.37. The highest BCUT2D eigenvalue weighted by Gasteiger charge is 2.57. The Morgan fingerprint density at radius 3 is 2.70 bits per heavy atom. The maximum atomic E-state index is 12.6. The molecule has 1 saturated heterocycles. The molecule has 2 heterocycles. The molecule has 2 aromatic rings. The van der Waals surface area contributed by atoms with Crippen LogP contribution in [0.25, 0.3) is 0 Å². The van der Waals surface area contributed by atoms with Gasteiger partial charge in [-0.1, -0.05) is 24.3 Å². The fraction of sp³-hybridized carbons (Fsp3) is 0.455. The standard InChI is InChI=1S/C22H27N3O2/c1-15-5-3-6-16(2)19(15)27-21-17(7-4-10-24-21)14-25-20(26)18-13-22(18)8-11-23-12-9-22/h3-7,10,18,23H,8-9,11-14H2,1-2H3,(H,25,26)/t18-/m0/s1. The summed E-state index contributed by atoms with van der Waals surface area (Å²) in [6.45, 7) is 6.55. The summed E-state index contributed by atoms with van der Waals surface area (Å²) in [6, 6.07) is 9.91. The number of para-hydroxylation sites is 1. The molecule has 1 atom stereocenters. The van der Waals surface area contributed by atoms with Crippen LogP contribution in [0.5, 0.6) is 11.6 Å². The van der Waals surface area contributed by atoms with E-state index in [-0.39, 0.29) is 17.2 Å². The van der Waals surface area contributed by atoms with Crippen molar-refractivity contribution in [1.29, 1.82) is 0 Å². The van der Waals surface area contributed by atoms with Gasteiger partial charge in [0.25, 0.3) is 0 Å². The number of hydrogen-bond acceptors (Lipinski definition) is 4. The van der Waals surface area contributed by atoms with E-state index in [4.69, 9.17) is 4.74 Å². The summed E-state index contributed by atoms with van der Waals surface area (Å²) in [5, 5.41) is 6.49. The van der Waals surface area contributed by atoms with Gasteiger partial charge in [0.1, 0.15) is 5.75 Å². The van der Waals surface area contributed by atoms with E-state index < -0.39 is 0 Å². The van der Waals surface area contributed by atoms with Crippen LogP contribution in [0, 0.1) is 25.2 Å². The Morgan fingerprint density at radius 1 is 1.22 bits per heavy atom. The van der Waals surface area contributed by atoms with Crippen LogP contribution in [0.3, 0.4) is 0 Å². The van der Waals surface area contributed by atoms with E-state index in [0.29, 0.717) is 12.4 Å². The SMILES string of the molecule is Cc1cccc(C)c1Oc1ncccc1CNC(=O)[C@@H]1CC12CCNCC2. The van der Waals surface area contributed by atoms with Crippen LogP contribution in [-0.4, -0.2) is 24.0 Å². The number of piperidine rings is 1. The van der Waals surface area contributed by atoms with Gasteiger partial charge < -0.3 is 15.4 Å². The lowest BCUT2D eigenvalue weighted by Gasteiger charge is -2.23. The molecule has 1 spiro atoms. The van der Waals surface area contributed by atoms with Crippen molar-refractivity contribution >= 4 is 5.91 Å². The molecule has 1 amide bonds. The van der Waals surface area contributed by atoms with Gasteiger partial charge in [-0.05, 0) is 68.8 Å². The minimum absolute atomic E-state index is 0.166. The molecule has 1 saturated carbocycles. The van der Waals surface area contributed by atoms with Gasteiger partial charge in [-0.2, -0.15) is 0 Å². The van der Waals surface area contributed by atoms with Crippen molar-refractivity contribution < 1.29 is 9.53 Å². The second-order valence-corrected chi connectivity index (χ2v) is 7.88. The fourth-order valence-corrected chi connectivity index (χ4v) is 4.21. The molecule has 0 radical (unpaired) electrons. The Labute approximate surface area is 160 Å². The van der Waals surface area contributed by atoms with Gasteiger partial charge in [0, 0.05) is 24.2 Å². The molecule has 5 nitrogen and oxygen atoms in total. The van der Waals surface area contributed by atoms with Gasteiger partial charge in [0.05, 0.1) is 0 Å². The lowest BCUT2D eigenvalue weighted by Crippen LogP contribution is -2.33. The van der Waals surface area contributed by atoms with Gasteiger partial charge in [0.15, 0.2) is 0 Å². The Bertz CT molecular complexity index is 823. The Kier molecular flexibility index (Phi) is 4.87. The summed E-state index contributed by atoms with van der Waals surface area (Å²) in [5.74, 6) is 1.72. The first-order valence-electron chi connectivity index (χ1n) is 9.75. The van der Waals surface area contributed by atoms with E-state index in [1.807, 2.05) is 44.2 Å². The predicted molar refractivity (Wildman–Crippen MR) is 105 cm³/mol. The number of ether oxygens (including phenoxy) is 1. The number of carbonyl (C=O) groups is 1. The number of rotatable bonds is 5. The number of hydrogen-bond donors (Lipinski definition) is 2. The minimum Gasteiger partial charge on any atom is -0.438 e. The average molecular weight is 365 g/mol. The van der Waals surface area contributed by atoms with E-state index in [1.165, 1.54) is 0 Å². The predicted octanol–water partition coefficient (Wildman–Crippen LogP) is 3.50. The second-order valence-electron chi connectivity index (χ2n) is 7.88. The molecular formula is C22H27N3O2. The zero-order chi connectivity index (χ0) is 18.9. The van der Waals surface area contributed by atoms with Crippen LogP contribution < -0.4 is 15.4 Å². The van der Waals surface area contributed by atoms with Crippen LogP contribution in [0.2, 0.25) is 0 Å². The van der Waals surface area contributed by atoms with E-state index in [0.717, 1.165) is 54.8 Å². The molecule has 142 valence electrons. The summed E-state index contributed by atoms with van der Waals surface area (Å²) >= 11 is 0. The molecule has 27 heavy (non-hydrogen) atoms. The number of amides is 1. The lowest BCUT2D eigenvalue weighted by atomic mass is 9.92. The molecule has 5 heteroatoms. The molecule has 1 aliphatic heterocycles. The lowest BCUT2D eigenvalue weighted by molar-refractivity contribution is -0.123. The normalized spacial score (nSPS) is 20.3. The first-order chi connectivity index (χ1) is 13.1. The first kappa shape index (κ1) is 18.0. The summed E-state index contributed by atoms with van der Waals surface area (Å²) in [5.41, 5.74) is 3.29. The monoisotopic (exact) mass is 365 g/mol. The van der Waals surface area contributed by atoms with Crippen LogP contribution in [0.4, 0.5) is 0 Å². The van der Waals surface area contributed by atoms with E-state index in [9.17, 15) is 4.79 Å². The van der Waals surface area contributed by atoms with Crippen molar-refractivity contribution in [2.45, 2.75) is 39.7 Å². The number of nitrogens with zero attached hydrogens (tertiary/aromatic N) is 1. The summed E-state index contributed by atoms with van der Waals surface area (Å²) in [6.07, 6.45) is 4.97. The van der Waals surface area contributed by atoms with Crippen LogP contribution in [-0.2, 0) is 11.3 Å². The Balaban J connectivity index is 1.42. The third-order valence-electron chi connectivity index (χ3n) is 6.02. The van der Waals surface area contributed by atoms with Crippen molar-refractivity contribution in [2.75, 3.05) is 13.1 Å². The quantitative estimate of drug-likeness (QED) is 0.851. The number of carbonyl (C=O) groups excluding carboxylic acids is 1. The van der Waals surface area contributed by atoms with Crippen molar-refractivity contribution in [3.63, 3.8) is 0 Å². The topological polar surface area (TPSA) is 63.2 Å². The highest BCUT2D eigenvalue weighted by atomic mass is 16.5. The first-order valence-corrected chi connectivity index (χ1v) is 9.75. The largest absolute Gasteiger partial charge is 0.438 e. The van der Waals surface area contributed by atoms with Gasteiger partial charge in [-0.25, -0.2) is 4.98 Å². The number of benzene rings is 1. The zero-order valence-electron chi connectivity index (χ0n) is 16.0. The summed E-state index contributed by atoms with van der Waals surface area (Å²) < 4.78 is 6.12. The van der Waals surface area contributed by atoms with Crippen molar-refractivity contribution in [3.05, 3.63) is 53.2 Å². The minimum atomic E-state index is 0.166. The van der Waals surface area contributed by atoms with Crippen molar-refractivity contribution in [3.8, 4) is 11.6 Å². The molecule has 1 aliphatic carbocycles. The molecule has 2 aliphatic rings. The number of nitrogens with one attached hydrogen (secondary N) is 2. The van der Waals surface area contributed by atoms with Crippen molar-refractivity contribution in [1.82, 2.24) is 15.6 Å². The fourth-order valence-electron chi connectivity index (χ4n) is 4.21. The second kappa shape index (κ2) is 7.31. The third-order valence-corrected chi connectivity index (χ3v) is 6.02. The Morgan fingerprint density at radius 2 is 1.96 bits per heavy atom. The molecule has 1 aromatic carbocycles. The highest BCUT2D eigenvalue weighted by molar-refractivity contribution is 5.82. The molecular weight excluding hydrogens is 338 g/mol. The van der Waals surface area contributed by atoms with E-state index in [1.54, 1.807) is 6.20 Å². The maximum absolute atomic E-state index is 12.6. The summed E-state index contributed by atoms with van der Waals surface area (Å²) in [4.78, 5) is 17.0. The van der Waals surface area contributed by atoms with Crippen LogP contribution >= 0.6 is 0 Å². The number of aromatic nitrogens is 1. The van der Waals surface area contributed by atoms with Crippen LogP contribution in [0.15, 0.2) is 36.5 Å². The van der Waals surface area contributed by atoms with Crippen molar-refractivity contribution in [2.24, 2.45) is 11.3 Å². The molecule has 2 fully saturated rings. The third kappa shape index (κ3) is 3.69. The molecule has 1 aromatic heterocycles. The van der Waals surface area contributed by atoms with Gasteiger partial charge in [-0.15, -0.1) is 0 Å². The van der Waals surface area contributed by atoms with Gasteiger partial charge in [0.2, 0.25) is 11.8 Å². The Hall–Kier alpha value is -2.40. The molecule has 0 bridgehead atoms. The van der Waals surface area contributed by atoms with E-state index in [2.05, 4.69) is 15.6 Å². The van der Waals surface area contributed by atoms with E-state index >= 15 is 0 Å². The van der Waals surface area contributed by atoms with Gasteiger partial charge >= 0.3 is 0 Å². The van der Waals surface area contributed by atoms with Gasteiger partial charge in [-0.3, -0.25) is 4.79 Å². The zero-order valence-corrected chi connectivity index (χ0v) is 16.0. The van der Waals surface area contributed by atoms with Crippen LogP contribution in [0.1, 0.15) is 36.0 Å². The number of pyridine rings is 1. The smallest absolute Gasteiger partial charge is 0.224 e. The summed E-state index contributed by atoms with van der Waals surface area (Å²) in [7, 11) is 0. The highest BCUT2D eigenvalue weighted by Crippen LogP contribution is 2.58. The molecule has 2 N–H and O–H groups in total. The molecule has 4 rings (SSSR count).